The first-order valence-electron chi connectivity index (χ1n) is 7.98. The van der Waals surface area contributed by atoms with Crippen LogP contribution in [0.4, 0.5) is 0 Å². The summed E-state index contributed by atoms with van der Waals surface area (Å²) in [5.41, 5.74) is 0.998. The topological polar surface area (TPSA) is 54.5 Å². The minimum absolute atomic E-state index is 0.220. The second-order valence-corrected chi connectivity index (χ2v) is 7.65. The van der Waals surface area contributed by atoms with Crippen molar-refractivity contribution in [2.75, 3.05) is 18.8 Å². The number of unbranched alkanes of at least 4 members (excludes halogenated alkanes) is 2. The number of nitrogens with zero attached hydrogens (tertiary/aromatic N) is 1. The van der Waals surface area contributed by atoms with Gasteiger partial charge in [0, 0.05) is 13.1 Å². The van der Waals surface area contributed by atoms with Gasteiger partial charge in [0.2, 0.25) is 5.91 Å². The maximum Gasteiger partial charge on any atom is 0.238 e. The molecule has 1 aromatic carbocycles. The van der Waals surface area contributed by atoms with Crippen molar-refractivity contribution in [3.8, 4) is 0 Å². The fraction of sp³-hybridized carbons (Fsp3) is 0.588. The molecule has 0 heterocycles. The van der Waals surface area contributed by atoms with Crippen LogP contribution in [0.3, 0.4) is 0 Å². The summed E-state index contributed by atoms with van der Waals surface area (Å²) < 4.78 is 24.7. The Morgan fingerprint density at radius 3 is 1.95 bits per heavy atom. The molecule has 0 spiro atoms. The largest absolute Gasteiger partial charge is 0.342 e. The van der Waals surface area contributed by atoms with Gasteiger partial charge in [-0.2, -0.15) is 0 Å². The van der Waals surface area contributed by atoms with Gasteiger partial charge < -0.3 is 4.90 Å². The Bertz CT molecular complexity index is 556. The fourth-order valence-corrected chi connectivity index (χ4v) is 3.37. The molecule has 0 saturated heterocycles. The number of carbonyl (C=O) groups is 1. The third kappa shape index (κ3) is 5.79. The van der Waals surface area contributed by atoms with Gasteiger partial charge in [-0.15, -0.1) is 0 Å². The molecule has 0 aliphatic carbocycles. The molecule has 0 radical (unpaired) electrons. The van der Waals surface area contributed by atoms with Gasteiger partial charge in [0.05, 0.1) is 4.90 Å². The van der Waals surface area contributed by atoms with Crippen LogP contribution in [0.1, 0.15) is 45.1 Å². The Hall–Kier alpha value is -1.36. The highest BCUT2D eigenvalue weighted by Gasteiger charge is 2.23. The van der Waals surface area contributed by atoms with Crippen molar-refractivity contribution in [1.82, 2.24) is 4.90 Å². The predicted octanol–water partition coefficient (Wildman–Crippen LogP) is 3.20. The zero-order chi connectivity index (χ0) is 16.6. The lowest BCUT2D eigenvalue weighted by molar-refractivity contribution is -0.128. The van der Waals surface area contributed by atoms with Gasteiger partial charge in [0.1, 0.15) is 5.75 Å². The van der Waals surface area contributed by atoms with E-state index in [1.165, 1.54) is 0 Å². The van der Waals surface area contributed by atoms with E-state index >= 15 is 0 Å². The molecule has 1 aromatic rings. The summed E-state index contributed by atoms with van der Waals surface area (Å²) in [4.78, 5) is 14.3. The summed E-state index contributed by atoms with van der Waals surface area (Å²) in [7, 11) is -3.56. The number of sulfone groups is 1. The SMILES string of the molecule is CCCCN(CCCC)C(=O)CS(=O)(=O)c1ccc(C)cc1. The van der Waals surface area contributed by atoms with Crippen LogP contribution < -0.4 is 0 Å². The van der Waals surface area contributed by atoms with Gasteiger partial charge in [-0.05, 0) is 31.9 Å². The molecule has 4 nitrogen and oxygen atoms in total. The molecule has 0 bridgehead atoms. The summed E-state index contributed by atoms with van der Waals surface area (Å²) >= 11 is 0. The molecule has 124 valence electrons. The molecule has 0 fully saturated rings. The van der Waals surface area contributed by atoms with Crippen LogP contribution >= 0.6 is 0 Å². The van der Waals surface area contributed by atoms with Crippen molar-refractivity contribution in [1.29, 1.82) is 0 Å². The van der Waals surface area contributed by atoms with Crippen LogP contribution in [0.5, 0.6) is 0 Å². The summed E-state index contributed by atoms with van der Waals surface area (Å²) in [6.45, 7) is 7.30. The highest BCUT2D eigenvalue weighted by atomic mass is 32.2. The standard InChI is InChI=1S/C17H27NO3S/c1-4-6-12-18(13-7-5-2)17(19)14-22(20,21)16-10-8-15(3)9-11-16/h8-11H,4-7,12-14H2,1-3H3. The Morgan fingerprint density at radius 2 is 1.50 bits per heavy atom. The Balaban J connectivity index is 2.79. The second-order valence-electron chi connectivity index (χ2n) is 5.66. The third-order valence-electron chi connectivity index (χ3n) is 3.61. The lowest BCUT2D eigenvalue weighted by Gasteiger charge is -2.22. The van der Waals surface area contributed by atoms with E-state index in [0.29, 0.717) is 13.1 Å². The molecular formula is C17H27NO3S. The van der Waals surface area contributed by atoms with Crippen LogP contribution in [-0.4, -0.2) is 38.1 Å². The van der Waals surface area contributed by atoms with Gasteiger partial charge in [-0.25, -0.2) is 8.42 Å². The normalized spacial score (nSPS) is 11.4. The smallest absolute Gasteiger partial charge is 0.238 e. The highest BCUT2D eigenvalue weighted by Crippen LogP contribution is 2.13. The number of benzene rings is 1. The van der Waals surface area contributed by atoms with E-state index in [2.05, 4.69) is 13.8 Å². The molecule has 0 aromatic heterocycles. The van der Waals surface area contributed by atoms with Crippen molar-refractivity contribution in [3.63, 3.8) is 0 Å². The van der Waals surface area contributed by atoms with Gasteiger partial charge in [-0.1, -0.05) is 44.4 Å². The first-order valence-corrected chi connectivity index (χ1v) is 9.63. The van der Waals surface area contributed by atoms with Gasteiger partial charge in [0.25, 0.3) is 0 Å². The van der Waals surface area contributed by atoms with Crippen LogP contribution in [0.2, 0.25) is 0 Å². The fourth-order valence-electron chi connectivity index (χ4n) is 2.14. The van der Waals surface area contributed by atoms with Crippen molar-refractivity contribution in [3.05, 3.63) is 29.8 Å². The highest BCUT2D eigenvalue weighted by molar-refractivity contribution is 7.92. The molecule has 5 heteroatoms. The quantitative estimate of drug-likeness (QED) is 0.700. The van der Waals surface area contributed by atoms with Crippen molar-refractivity contribution >= 4 is 15.7 Å². The molecule has 1 rings (SSSR count). The molecule has 0 aliphatic heterocycles. The van der Waals surface area contributed by atoms with Crippen molar-refractivity contribution < 1.29 is 13.2 Å². The number of aryl methyl sites for hydroxylation is 1. The van der Waals surface area contributed by atoms with Gasteiger partial charge in [-0.3, -0.25) is 4.79 Å². The van der Waals surface area contributed by atoms with Crippen molar-refractivity contribution in [2.45, 2.75) is 51.3 Å². The van der Waals surface area contributed by atoms with Crippen LogP contribution in [0.25, 0.3) is 0 Å². The van der Waals surface area contributed by atoms with E-state index in [0.717, 1.165) is 31.2 Å². The summed E-state index contributed by atoms with van der Waals surface area (Å²) in [6.07, 6.45) is 3.78. The Labute approximate surface area is 134 Å². The van der Waals surface area contributed by atoms with Crippen LogP contribution in [0, 0.1) is 6.92 Å². The zero-order valence-electron chi connectivity index (χ0n) is 13.8. The molecule has 22 heavy (non-hydrogen) atoms. The minimum Gasteiger partial charge on any atom is -0.342 e. The van der Waals surface area contributed by atoms with E-state index in [9.17, 15) is 13.2 Å². The van der Waals surface area contributed by atoms with Crippen LogP contribution in [0.15, 0.2) is 29.2 Å². The number of amides is 1. The van der Waals surface area contributed by atoms with Crippen LogP contribution in [-0.2, 0) is 14.6 Å². The molecule has 0 saturated carbocycles. The maximum absolute atomic E-state index is 12.4. The molecule has 1 amide bonds. The number of hydrogen-bond donors (Lipinski definition) is 0. The number of hydrogen-bond acceptors (Lipinski definition) is 3. The molecule has 0 aliphatic rings. The van der Waals surface area contributed by atoms with E-state index < -0.39 is 15.6 Å². The van der Waals surface area contributed by atoms with Gasteiger partial charge >= 0.3 is 0 Å². The number of rotatable bonds is 9. The summed E-state index contributed by atoms with van der Waals surface area (Å²) in [5, 5.41) is 0. The van der Waals surface area contributed by atoms with E-state index in [-0.39, 0.29) is 10.8 Å². The predicted molar refractivity (Wildman–Crippen MR) is 89.6 cm³/mol. The molecular weight excluding hydrogens is 298 g/mol. The summed E-state index contributed by atoms with van der Waals surface area (Å²) in [6, 6.07) is 6.65. The lowest BCUT2D eigenvalue weighted by Crippen LogP contribution is -2.37. The second kappa shape index (κ2) is 8.93. The molecule has 0 atom stereocenters. The maximum atomic E-state index is 12.4. The minimum atomic E-state index is -3.56. The monoisotopic (exact) mass is 325 g/mol. The van der Waals surface area contributed by atoms with E-state index in [1.807, 2.05) is 6.92 Å². The zero-order valence-corrected chi connectivity index (χ0v) is 14.7. The number of carbonyl (C=O) groups excluding carboxylic acids is 1. The van der Waals surface area contributed by atoms with Crippen molar-refractivity contribution in [2.24, 2.45) is 0 Å². The molecule has 0 unspecified atom stereocenters. The van der Waals surface area contributed by atoms with E-state index in [4.69, 9.17) is 0 Å². The first kappa shape index (κ1) is 18.7. The summed E-state index contributed by atoms with van der Waals surface area (Å²) in [5.74, 6) is -0.730. The molecule has 0 N–H and O–H groups in total. The average Bonchev–Trinajstić information content (AvgIpc) is 2.47. The average molecular weight is 325 g/mol. The third-order valence-corrected chi connectivity index (χ3v) is 5.23. The Kier molecular flexibility index (Phi) is 7.59. The Morgan fingerprint density at radius 1 is 1.00 bits per heavy atom. The van der Waals surface area contributed by atoms with Gasteiger partial charge in [0.15, 0.2) is 9.84 Å². The lowest BCUT2D eigenvalue weighted by atomic mass is 10.2. The van der Waals surface area contributed by atoms with E-state index in [1.54, 1.807) is 29.2 Å². The first-order chi connectivity index (χ1) is 10.4.